The van der Waals surface area contributed by atoms with Crippen LogP contribution in [0.1, 0.15) is 52.4 Å². The van der Waals surface area contributed by atoms with Gasteiger partial charge in [0.25, 0.3) is 0 Å². The molecule has 18 heavy (non-hydrogen) atoms. The van der Waals surface area contributed by atoms with Gasteiger partial charge in [-0.1, -0.05) is 33.1 Å². The number of ether oxygens (including phenoxy) is 1. The fraction of sp³-hybridized carbons (Fsp3) is 0.929. The molecular weight excluding hydrogens is 230 g/mol. The number of methoxy groups -OCH3 is 1. The van der Waals surface area contributed by atoms with Gasteiger partial charge in [-0.15, -0.1) is 0 Å². The van der Waals surface area contributed by atoms with Crippen molar-refractivity contribution in [3.05, 3.63) is 0 Å². The van der Waals surface area contributed by atoms with Gasteiger partial charge in [0.1, 0.15) is 6.04 Å². The summed E-state index contributed by atoms with van der Waals surface area (Å²) in [6.07, 6.45) is 5.75. The van der Waals surface area contributed by atoms with Gasteiger partial charge in [-0.2, -0.15) is 0 Å². The monoisotopic (exact) mass is 257 g/mol. The zero-order valence-electron chi connectivity index (χ0n) is 11.9. The number of hydrogen-bond acceptors (Lipinski definition) is 4. The maximum atomic E-state index is 11.7. The van der Waals surface area contributed by atoms with Crippen molar-refractivity contribution in [1.29, 1.82) is 0 Å². The van der Waals surface area contributed by atoms with Crippen LogP contribution in [0.5, 0.6) is 0 Å². The second kappa shape index (κ2) is 7.10. The molecule has 0 bridgehead atoms. The molecule has 0 radical (unpaired) electrons. The SMILES string of the molecule is COC(=O)C(CC(C)C)NCC1(O)CCCCC1. The van der Waals surface area contributed by atoms with Crippen molar-refractivity contribution < 1.29 is 14.6 Å². The van der Waals surface area contributed by atoms with Gasteiger partial charge in [-0.05, 0) is 25.2 Å². The Morgan fingerprint density at radius 2 is 1.94 bits per heavy atom. The van der Waals surface area contributed by atoms with Gasteiger partial charge in [-0.3, -0.25) is 4.79 Å². The zero-order chi connectivity index (χ0) is 13.6. The number of carbonyl (C=O) groups excluding carboxylic acids is 1. The molecule has 0 aromatic carbocycles. The van der Waals surface area contributed by atoms with Crippen molar-refractivity contribution in [2.75, 3.05) is 13.7 Å². The van der Waals surface area contributed by atoms with Crippen LogP contribution in [0.25, 0.3) is 0 Å². The fourth-order valence-electron chi connectivity index (χ4n) is 2.58. The van der Waals surface area contributed by atoms with E-state index in [0.29, 0.717) is 12.5 Å². The number of rotatable bonds is 6. The van der Waals surface area contributed by atoms with E-state index in [4.69, 9.17) is 4.74 Å². The fourth-order valence-corrected chi connectivity index (χ4v) is 2.58. The van der Waals surface area contributed by atoms with Gasteiger partial charge >= 0.3 is 5.97 Å². The summed E-state index contributed by atoms with van der Waals surface area (Å²) in [6, 6.07) is -0.305. The van der Waals surface area contributed by atoms with Crippen molar-refractivity contribution in [3.63, 3.8) is 0 Å². The first-order valence-electron chi connectivity index (χ1n) is 7.00. The largest absolute Gasteiger partial charge is 0.468 e. The van der Waals surface area contributed by atoms with Gasteiger partial charge in [-0.25, -0.2) is 0 Å². The van der Waals surface area contributed by atoms with E-state index in [2.05, 4.69) is 19.2 Å². The number of esters is 1. The van der Waals surface area contributed by atoms with Crippen molar-refractivity contribution >= 4 is 5.97 Å². The summed E-state index contributed by atoms with van der Waals surface area (Å²) in [5, 5.41) is 13.6. The molecular formula is C14H27NO3. The Hall–Kier alpha value is -0.610. The maximum absolute atomic E-state index is 11.7. The topological polar surface area (TPSA) is 58.6 Å². The maximum Gasteiger partial charge on any atom is 0.322 e. The third-order valence-electron chi connectivity index (χ3n) is 3.65. The standard InChI is InChI=1S/C14H27NO3/c1-11(2)9-12(13(16)18-3)15-10-14(17)7-5-4-6-8-14/h11-12,15,17H,4-10H2,1-3H3. The normalized spacial score (nSPS) is 20.7. The molecule has 1 fully saturated rings. The molecule has 0 spiro atoms. The smallest absolute Gasteiger partial charge is 0.322 e. The van der Waals surface area contributed by atoms with Crippen LogP contribution in [0.3, 0.4) is 0 Å². The molecule has 1 aliphatic rings. The van der Waals surface area contributed by atoms with Crippen LogP contribution in [0, 0.1) is 5.92 Å². The quantitative estimate of drug-likeness (QED) is 0.713. The van der Waals surface area contributed by atoms with Gasteiger partial charge in [0.15, 0.2) is 0 Å². The predicted octanol–water partition coefficient (Wildman–Crippen LogP) is 1.86. The van der Waals surface area contributed by atoms with Crippen LogP contribution in [0.4, 0.5) is 0 Å². The summed E-state index contributed by atoms with van der Waals surface area (Å²) in [6.45, 7) is 4.64. The third-order valence-corrected chi connectivity index (χ3v) is 3.65. The van der Waals surface area contributed by atoms with Crippen molar-refractivity contribution in [1.82, 2.24) is 5.32 Å². The minimum atomic E-state index is -0.637. The molecule has 0 aromatic rings. The van der Waals surface area contributed by atoms with Crippen LogP contribution in [-0.2, 0) is 9.53 Å². The summed E-state index contributed by atoms with van der Waals surface area (Å²) in [4.78, 5) is 11.7. The highest BCUT2D eigenvalue weighted by Crippen LogP contribution is 2.27. The number of nitrogens with one attached hydrogen (secondary N) is 1. The van der Waals surface area contributed by atoms with Gasteiger partial charge in [0, 0.05) is 6.54 Å². The van der Waals surface area contributed by atoms with Gasteiger partial charge in [0.05, 0.1) is 12.7 Å². The molecule has 0 saturated heterocycles. The van der Waals surface area contributed by atoms with Crippen LogP contribution in [0.2, 0.25) is 0 Å². The predicted molar refractivity (Wildman–Crippen MR) is 71.3 cm³/mol. The Kier molecular flexibility index (Phi) is 6.09. The lowest BCUT2D eigenvalue weighted by atomic mass is 9.84. The summed E-state index contributed by atoms with van der Waals surface area (Å²) in [5.74, 6) is 0.186. The highest BCUT2D eigenvalue weighted by molar-refractivity contribution is 5.75. The van der Waals surface area contributed by atoms with E-state index in [9.17, 15) is 9.90 Å². The molecule has 0 aliphatic heterocycles. The molecule has 106 valence electrons. The number of hydrogen-bond donors (Lipinski definition) is 2. The van der Waals surface area contributed by atoms with E-state index in [-0.39, 0.29) is 12.0 Å². The average Bonchev–Trinajstić information content (AvgIpc) is 2.34. The number of carbonyl (C=O) groups is 1. The van der Waals surface area contributed by atoms with E-state index in [1.54, 1.807) is 0 Å². The molecule has 4 nitrogen and oxygen atoms in total. The van der Waals surface area contributed by atoms with E-state index in [1.807, 2.05) is 0 Å². The minimum Gasteiger partial charge on any atom is -0.468 e. The van der Waals surface area contributed by atoms with Crippen LogP contribution < -0.4 is 5.32 Å². The summed E-state index contributed by atoms with van der Waals surface area (Å²) >= 11 is 0. The van der Waals surface area contributed by atoms with Crippen LogP contribution >= 0.6 is 0 Å². The molecule has 1 aliphatic carbocycles. The first kappa shape index (κ1) is 15.4. The van der Waals surface area contributed by atoms with Crippen LogP contribution in [-0.4, -0.2) is 36.4 Å². The molecule has 1 saturated carbocycles. The highest BCUT2D eigenvalue weighted by atomic mass is 16.5. The van der Waals surface area contributed by atoms with E-state index < -0.39 is 5.60 Å². The molecule has 1 rings (SSSR count). The molecule has 0 amide bonds. The van der Waals surface area contributed by atoms with Gasteiger partial charge < -0.3 is 15.2 Å². The summed E-state index contributed by atoms with van der Waals surface area (Å²) in [5.41, 5.74) is -0.637. The Labute approximate surface area is 110 Å². The zero-order valence-corrected chi connectivity index (χ0v) is 11.9. The van der Waals surface area contributed by atoms with E-state index in [0.717, 1.165) is 32.1 Å². The average molecular weight is 257 g/mol. The van der Waals surface area contributed by atoms with Gasteiger partial charge in [0.2, 0.25) is 0 Å². The first-order chi connectivity index (χ1) is 8.47. The second-order valence-electron chi connectivity index (χ2n) is 5.87. The third kappa shape index (κ3) is 4.94. The molecule has 2 N–H and O–H groups in total. The Morgan fingerprint density at radius 3 is 2.44 bits per heavy atom. The lowest BCUT2D eigenvalue weighted by Crippen LogP contribution is -2.48. The van der Waals surface area contributed by atoms with Crippen molar-refractivity contribution in [2.24, 2.45) is 5.92 Å². The lowest BCUT2D eigenvalue weighted by Gasteiger charge is -2.33. The van der Waals surface area contributed by atoms with E-state index in [1.165, 1.54) is 13.5 Å². The molecule has 0 aromatic heterocycles. The molecule has 1 unspecified atom stereocenters. The number of aliphatic hydroxyl groups is 1. The summed E-state index contributed by atoms with van der Waals surface area (Å²) < 4.78 is 4.80. The second-order valence-corrected chi connectivity index (χ2v) is 5.87. The molecule has 4 heteroatoms. The highest BCUT2D eigenvalue weighted by Gasteiger charge is 2.31. The Morgan fingerprint density at radius 1 is 1.33 bits per heavy atom. The first-order valence-corrected chi connectivity index (χ1v) is 7.00. The molecule has 0 heterocycles. The summed E-state index contributed by atoms with van der Waals surface area (Å²) in [7, 11) is 1.41. The van der Waals surface area contributed by atoms with Crippen molar-refractivity contribution in [3.8, 4) is 0 Å². The molecule has 1 atom stereocenters. The lowest BCUT2D eigenvalue weighted by molar-refractivity contribution is -0.144. The van der Waals surface area contributed by atoms with Crippen molar-refractivity contribution in [2.45, 2.75) is 64.0 Å². The minimum absolute atomic E-state index is 0.233. The van der Waals surface area contributed by atoms with Crippen LogP contribution in [0.15, 0.2) is 0 Å². The van der Waals surface area contributed by atoms with E-state index >= 15 is 0 Å². The Bertz CT molecular complexity index is 260. The Balaban J connectivity index is 2.47.